The normalized spacial score (nSPS) is 15.6. The first-order valence-corrected chi connectivity index (χ1v) is 5.72. The van der Waals surface area contributed by atoms with E-state index in [-0.39, 0.29) is 11.7 Å². The van der Waals surface area contributed by atoms with Gasteiger partial charge in [-0.3, -0.25) is 4.79 Å². The average molecular weight is 231 g/mol. The molecule has 0 aromatic carbocycles. The highest BCUT2D eigenvalue weighted by molar-refractivity contribution is 5.93. The van der Waals surface area contributed by atoms with Crippen molar-refractivity contribution in [2.24, 2.45) is 0 Å². The highest BCUT2D eigenvalue weighted by atomic mass is 16.3. The number of rotatable bonds is 1. The van der Waals surface area contributed by atoms with Crippen molar-refractivity contribution in [1.29, 1.82) is 0 Å². The Labute approximate surface area is 98.3 Å². The molecule has 3 rings (SSSR count). The molecule has 1 fully saturated rings. The van der Waals surface area contributed by atoms with Gasteiger partial charge in [0.05, 0.1) is 0 Å². The van der Waals surface area contributed by atoms with E-state index in [9.17, 15) is 9.90 Å². The standard InChI is InChI=1S/C12H13N3O2/c16-10-4-3-7-15-8-9(13-11(10)15)12(17)14-5-1-2-6-14/h3-4,7-8,16H,1-2,5-6H2. The van der Waals surface area contributed by atoms with Crippen molar-refractivity contribution < 1.29 is 9.90 Å². The van der Waals surface area contributed by atoms with Crippen molar-refractivity contribution in [3.05, 3.63) is 30.2 Å². The Balaban J connectivity index is 2.00. The lowest BCUT2D eigenvalue weighted by Crippen LogP contribution is -2.27. The van der Waals surface area contributed by atoms with Crippen molar-refractivity contribution >= 4 is 11.6 Å². The summed E-state index contributed by atoms with van der Waals surface area (Å²) in [7, 11) is 0. The van der Waals surface area contributed by atoms with Gasteiger partial charge in [0, 0.05) is 25.5 Å². The van der Waals surface area contributed by atoms with Crippen molar-refractivity contribution in [2.75, 3.05) is 13.1 Å². The van der Waals surface area contributed by atoms with E-state index < -0.39 is 0 Å². The van der Waals surface area contributed by atoms with E-state index in [0.717, 1.165) is 25.9 Å². The second-order valence-corrected chi connectivity index (χ2v) is 4.25. The summed E-state index contributed by atoms with van der Waals surface area (Å²) in [5.41, 5.74) is 0.823. The number of carbonyl (C=O) groups is 1. The summed E-state index contributed by atoms with van der Waals surface area (Å²) in [6.07, 6.45) is 5.55. The minimum absolute atomic E-state index is 0.0504. The monoisotopic (exact) mass is 231 g/mol. The molecule has 0 atom stereocenters. The summed E-state index contributed by atoms with van der Waals surface area (Å²) >= 11 is 0. The number of amides is 1. The van der Waals surface area contributed by atoms with Gasteiger partial charge in [-0.15, -0.1) is 0 Å². The average Bonchev–Trinajstić information content (AvgIpc) is 2.98. The van der Waals surface area contributed by atoms with Crippen LogP contribution in [0.4, 0.5) is 0 Å². The maximum absolute atomic E-state index is 12.1. The van der Waals surface area contributed by atoms with E-state index in [4.69, 9.17) is 0 Å². The lowest BCUT2D eigenvalue weighted by atomic mass is 10.4. The van der Waals surface area contributed by atoms with E-state index >= 15 is 0 Å². The van der Waals surface area contributed by atoms with E-state index in [1.807, 2.05) is 0 Å². The Morgan fingerprint density at radius 1 is 1.35 bits per heavy atom. The fourth-order valence-electron chi connectivity index (χ4n) is 2.18. The first-order valence-electron chi connectivity index (χ1n) is 5.72. The first kappa shape index (κ1) is 10.1. The van der Waals surface area contributed by atoms with Crippen LogP contribution < -0.4 is 0 Å². The largest absolute Gasteiger partial charge is 0.504 e. The van der Waals surface area contributed by atoms with Gasteiger partial charge in [0.2, 0.25) is 0 Å². The molecule has 5 nitrogen and oxygen atoms in total. The van der Waals surface area contributed by atoms with Crippen LogP contribution in [-0.4, -0.2) is 38.4 Å². The molecule has 1 aliphatic heterocycles. The minimum Gasteiger partial charge on any atom is -0.504 e. The summed E-state index contributed by atoms with van der Waals surface area (Å²) in [4.78, 5) is 18.1. The third kappa shape index (κ3) is 1.63. The van der Waals surface area contributed by atoms with Gasteiger partial charge in [0.15, 0.2) is 11.4 Å². The Hall–Kier alpha value is -2.04. The molecular formula is C12H13N3O2. The van der Waals surface area contributed by atoms with Crippen LogP contribution in [-0.2, 0) is 0 Å². The molecule has 1 aliphatic rings. The molecule has 0 bridgehead atoms. The molecule has 0 aliphatic carbocycles. The maximum Gasteiger partial charge on any atom is 0.274 e. The van der Waals surface area contributed by atoms with Crippen molar-refractivity contribution in [1.82, 2.24) is 14.3 Å². The lowest BCUT2D eigenvalue weighted by molar-refractivity contribution is 0.0787. The Morgan fingerprint density at radius 2 is 2.12 bits per heavy atom. The lowest BCUT2D eigenvalue weighted by Gasteiger charge is -2.12. The number of nitrogens with zero attached hydrogens (tertiary/aromatic N) is 3. The SMILES string of the molecule is O=C(c1cn2cccc(O)c2n1)N1CCCC1. The maximum atomic E-state index is 12.1. The Morgan fingerprint density at radius 3 is 2.82 bits per heavy atom. The Bertz CT molecular complexity index is 570. The van der Waals surface area contributed by atoms with Crippen LogP contribution >= 0.6 is 0 Å². The smallest absolute Gasteiger partial charge is 0.274 e. The van der Waals surface area contributed by atoms with Crippen molar-refractivity contribution in [2.45, 2.75) is 12.8 Å². The van der Waals surface area contributed by atoms with Gasteiger partial charge < -0.3 is 14.4 Å². The number of pyridine rings is 1. The highest BCUT2D eigenvalue weighted by Gasteiger charge is 2.22. The number of likely N-dealkylation sites (tertiary alicyclic amines) is 1. The third-order valence-electron chi connectivity index (χ3n) is 3.07. The van der Waals surface area contributed by atoms with Crippen LogP contribution in [0, 0.1) is 0 Å². The molecule has 1 saturated heterocycles. The number of aromatic nitrogens is 2. The number of aromatic hydroxyl groups is 1. The zero-order valence-corrected chi connectivity index (χ0v) is 9.33. The fraction of sp³-hybridized carbons (Fsp3) is 0.333. The predicted octanol–water partition coefficient (Wildman–Crippen LogP) is 1.28. The quantitative estimate of drug-likeness (QED) is 0.804. The Kier molecular flexibility index (Phi) is 2.24. The molecule has 0 radical (unpaired) electrons. The van der Waals surface area contributed by atoms with Gasteiger partial charge in [0.1, 0.15) is 5.69 Å². The van der Waals surface area contributed by atoms with Crippen LogP contribution in [0.25, 0.3) is 5.65 Å². The number of carbonyl (C=O) groups excluding carboxylic acids is 1. The molecule has 3 heterocycles. The molecule has 5 heteroatoms. The second-order valence-electron chi connectivity index (χ2n) is 4.25. The number of imidazole rings is 1. The summed E-state index contributed by atoms with van der Waals surface area (Å²) in [6.45, 7) is 1.61. The predicted molar refractivity (Wildman–Crippen MR) is 62.0 cm³/mol. The zero-order chi connectivity index (χ0) is 11.8. The molecule has 0 unspecified atom stereocenters. The van der Waals surface area contributed by atoms with Crippen LogP contribution in [0.15, 0.2) is 24.5 Å². The summed E-state index contributed by atoms with van der Waals surface area (Å²) in [5.74, 6) is 0.0403. The van der Waals surface area contributed by atoms with Gasteiger partial charge in [0.25, 0.3) is 5.91 Å². The molecular weight excluding hydrogens is 218 g/mol. The van der Waals surface area contributed by atoms with Gasteiger partial charge in [-0.05, 0) is 25.0 Å². The van der Waals surface area contributed by atoms with Crippen LogP contribution in [0.3, 0.4) is 0 Å². The molecule has 0 saturated carbocycles. The zero-order valence-electron chi connectivity index (χ0n) is 9.33. The van der Waals surface area contributed by atoms with Crippen LogP contribution in [0.5, 0.6) is 5.75 Å². The molecule has 88 valence electrons. The van der Waals surface area contributed by atoms with Crippen LogP contribution in [0.2, 0.25) is 0 Å². The topological polar surface area (TPSA) is 57.8 Å². The van der Waals surface area contributed by atoms with Gasteiger partial charge >= 0.3 is 0 Å². The van der Waals surface area contributed by atoms with E-state index in [1.54, 1.807) is 33.8 Å². The fourth-order valence-corrected chi connectivity index (χ4v) is 2.18. The summed E-state index contributed by atoms with van der Waals surface area (Å²) in [6, 6.07) is 3.28. The molecule has 0 spiro atoms. The van der Waals surface area contributed by atoms with Gasteiger partial charge in [-0.25, -0.2) is 4.98 Å². The molecule has 1 N–H and O–H groups in total. The highest BCUT2D eigenvalue weighted by Crippen LogP contribution is 2.18. The van der Waals surface area contributed by atoms with Gasteiger partial charge in [-0.1, -0.05) is 0 Å². The van der Waals surface area contributed by atoms with E-state index in [1.165, 1.54) is 0 Å². The molecule has 2 aromatic heterocycles. The minimum atomic E-state index is -0.0504. The van der Waals surface area contributed by atoms with E-state index in [2.05, 4.69) is 4.98 Å². The third-order valence-corrected chi connectivity index (χ3v) is 3.07. The molecule has 1 amide bonds. The van der Waals surface area contributed by atoms with E-state index in [0.29, 0.717) is 11.3 Å². The molecule has 2 aromatic rings. The van der Waals surface area contributed by atoms with Crippen molar-refractivity contribution in [3.8, 4) is 5.75 Å². The van der Waals surface area contributed by atoms with Gasteiger partial charge in [-0.2, -0.15) is 0 Å². The number of fused-ring (bicyclic) bond motifs is 1. The van der Waals surface area contributed by atoms with Crippen molar-refractivity contribution in [3.63, 3.8) is 0 Å². The number of hydrogen-bond donors (Lipinski definition) is 1. The summed E-state index contributed by atoms with van der Waals surface area (Å²) < 4.78 is 1.67. The van der Waals surface area contributed by atoms with Crippen LogP contribution in [0.1, 0.15) is 23.3 Å². The number of hydrogen-bond acceptors (Lipinski definition) is 3. The second kappa shape index (κ2) is 3.76. The first-order chi connectivity index (χ1) is 8.25. The summed E-state index contributed by atoms with van der Waals surface area (Å²) in [5, 5.41) is 9.62. The molecule has 17 heavy (non-hydrogen) atoms.